The molecule has 1 aliphatic rings. The molecular weight excluding hydrogens is 656 g/mol. The van der Waals surface area contributed by atoms with Crippen molar-refractivity contribution < 1.29 is 4.57 Å². The first-order chi connectivity index (χ1) is 25.6. The Labute approximate surface area is 303 Å². The van der Waals surface area contributed by atoms with Crippen LogP contribution in [0.1, 0.15) is 23.7 Å². The molecule has 1 atom stereocenters. The summed E-state index contributed by atoms with van der Waals surface area (Å²) in [7, 11) is -3.33. The van der Waals surface area contributed by atoms with E-state index < -0.39 is 7.14 Å². The summed E-state index contributed by atoms with van der Waals surface area (Å²) >= 11 is 0. The van der Waals surface area contributed by atoms with Crippen LogP contribution in [0.2, 0.25) is 0 Å². The van der Waals surface area contributed by atoms with Gasteiger partial charge >= 0.3 is 0 Å². The Morgan fingerprint density at radius 3 is 1.67 bits per heavy atom. The molecule has 1 heterocycles. The molecule has 0 spiro atoms. The van der Waals surface area contributed by atoms with E-state index in [1.165, 1.54) is 0 Å². The fraction of sp³-hybridized carbons (Fsp3) is 0.0435. The van der Waals surface area contributed by atoms with Gasteiger partial charge < -0.3 is 4.57 Å². The smallest absolute Gasteiger partial charge is 0.171 e. The van der Waals surface area contributed by atoms with Gasteiger partial charge in [0.25, 0.3) is 0 Å². The lowest BCUT2D eigenvalue weighted by atomic mass is 9.97. The fourth-order valence-electron chi connectivity index (χ4n) is 6.63. The van der Waals surface area contributed by atoms with Crippen LogP contribution in [0, 0.1) is 11.3 Å². The van der Waals surface area contributed by atoms with E-state index in [-0.39, 0.29) is 5.92 Å². The number of rotatable bonds is 8. The Kier molecular flexibility index (Phi) is 9.06. The van der Waals surface area contributed by atoms with Crippen molar-refractivity contribution in [1.29, 1.82) is 5.26 Å². The molecule has 1 unspecified atom stereocenters. The number of nitriles is 1. The molecule has 52 heavy (non-hydrogen) atoms. The highest BCUT2D eigenvalue weighted by molar-refractivity contribution is 7.85. The molecule has 0 N–H and O–H groups in total. The molecule has 6 aromatic carbocycles. The second-order valence-electron chi connectivity index (χ2n) is 12.7. The Hall–Kier alpha value is -6.47. The summed E-state index contributed by atoms with van der Waals surface area (Å²) in [5.41, 5.74) is 5.89. The third-order valence-electron chi connectivity index (χ3n) is 9.30. The van der Waals surface area contributed by atoms with Gasteiger partial charge in [0.1, 0.15) is 5.82 Å². The maximum atomic E-state index is 15.7. The van der Waals surface area contributed by atoms with Gasteiger partial charge in [-0.05, 0) is 65.1 Å². The third-order valence-corrected chi connectivity index (χ3v) is 12.3. The summed E-state index contributed by atoms with van der Waals surface area (Å²) in [4.78, 5) is 14.9. The van der Waals surface area contributed by atoms with Crippen LogP contribution in [0.25, 0.3) is 45.0 Å². The molecule has 0 saturated heterocycles. The highest BCUT2D eigenvalue weighted by Gasteiger charge is 2.30. The topological polar surface area (TPSA) is 79.5 Å². The first-order valence-corrected chi connectivity index (χ1v) is 18.9. The summed E-state index contributed by atoms with van der Waals surface area (Å²) in [6.45, 7) is 0. The second kappa shape index (κ2) is 14.4. The molecule has 1 aliphatic carbocycles. The van der Waals surface area contributed by atoms with E-state index in [9.17, 15) is 5.26 Å². The van der Waals surface area contributed by atoms with Gasteiger partial charge in [0.05, 0.1) is 11.6 Å². The molecule has 8 rings (SSSR count). The standard InChI is InChI=1S/C46H33N4OP/c47-32-33-15-13-20-36(27-33)39-29-40(31-43(30-39)52(51,41-23-9-3-10-24-41)42-25-11-4-12-26-42)37-21-14-22-38(28-37)46-49-44(34-16-5-1-6-17-34)48-45(50-46)35-18-7-2-8-19-35/h1-18,20-31,35H,19H2. The maximum Gasteiger partial charge on any atom is 0.171 e. The monoisotopic (exact) mass is 688 g/mol. The van der Waals surface area contributed by atoms with Crippen LogP contribution in [0.3, 0.4) is 0 Å². The molecule has 0 fully saturated rings. The van der Waals surface area contributed by atoms with E-state index in [2.05, 4.69) is 36.4 Å². The van der Waals surface area contributed by atoms with Crippen molar-refractivity contribution in [2.45, 2.75) is 12.3 Å². The quantitative estimate of drug-likeness (QED) is 0.149. The van der Waals surface area contributed by atoms with Crippen LogP contribution in [-0.4, -0.2) is 15.0 Å². The SMILES string of the molecule is N#Cc1cccc(-c2cc(-c3cccc(-c4nc(-c5ccccc5)nc(C5C=CC=CC5)n4)c3)cc(P(=O)(c3ccccc3)c3ccccc3)c2)c1. The number of allylic oxidation sites excluding steroid dienone is 4. The lowest BCUT2D eigenvalue weighted by Crippen LogP contribution is -2.25. The summed E-state index contributed by atoms with van der Waals surface area (Å²) in [6, 6.07) is 53.5. The number of nitrogens with zero attached hydrogens (tertiary/aromatic N) is 4. The zero-order chi connectivity index (χ0) is 35.3. The van der Waals surface area contributed by atoms with Crippen LogP contribution >= 0.6 is 7.14 Å². The van der Waals surface area contributed by atoms with Crippen molar-refractivity contribution in [3.8, 4) is 51.1 Å². The minimum atomic E-state index is -3.33. The van der Waals surface area contributed by atoms with Crippen molar-refractivity contribution in [3.63, 3.8) is 0 Å². The van der Waals surface area contributed by atoms with Crippen LogP contribution < -0.4 is 15.9 Å². The molecular formula is C46H33N4OP. The van der Waals surface area contributed by atoms with Gasteiger partial charge in [-0.3, -0.25) is 0 Å². The van der Waals surface area contributed by atoms with Gasteiger partial charge in [-0.15, -0.1) is 0 Å². The van der Waals surface area contributed by atoms with Crippen molar-refractivity contribution in [2.75, 3.05) is 0 Å². The second-order valence-corrected chi connectivity index (χ2v) is 15.5. The van der Waals surface area contributed by atoms with Gasteiger partial charge in [0.15, 0.2) is 18.8 Å². The molecule has 0 bridgehead atoms. The third kappa shape index (κ3) is 6.56. The number of hydrogen-bond donors (Lipinski definition) is 0. The summed E-state index contributed by atoms with van der Waals surface area (Å²) < 4.78 is 15.7. The highest BCUT2D eigenvalue weighted by Crippen LogP contribution is 2.44. The molecule has 0 aliphatic heterocycles. The summed E-state index contributed by atoms with van der Waals surface area (Å²) in [5, 5.41) is 11.9. The van der Waals surface area contributed by atoms with E-state index in [0.717, 1.165) is 56.2 Å². The van der Waals surface area contributed by atoms with Crippen LogP contribution in [0.5, 0.6) is 0 Å². The maximum absolute atomic E-state index is 15.7. The predicted molar refractivity (Wildman–Crippen MR) is 211 cm³/mol. The van der Waals surface area contributed by atoms with Crippen LogP contribution in [-0.2, 0) is 4.57 Å². The van der Waals surface area contributed by atoms with Gasteiger partial charge in [-0.2, -0.15) is 5.26 Å². The molecule has 7 aromatic rings. The molecule has 1 aromatic heterocycles. The molecule has 0 saturated carbocycles. The Morgan fingerprint density at radius 1 is 0.519 bits per heavy atom. The minimum Gasteiger partial charge on any atom is -0.309 e. The van der Waals surface area contributed by atoms with Crippen molar-refractivity contribution in [2.24, 2.45) is 0 Å². The average Bonchev–Trinajstić information content (AvgIpc) is 3.24. The van der Waals surface area contributed by atoms with Crippen LogP contribution in [0.15, 0.2) is 182 Å². The Morgan fingerprint density at radius 2 is 1.06 bits per heavy atom. The molecule has 0 amide bonds. The molecule has 6 heteroatoms. The zero-order valence-corrected chi connectivity index (χ0v) is 29.1. The lowest BCUT2D eigenvalue weighted by Gasteiger charge is -2.22. The predicted octanol–water partition coefficient (Wildman–Crippen LogP) is 9.65. The zero-order valence-electron chi connectivity index (χ0n) is 28.2. The van der Waals surface area contributed by atoms with Gasteiger partial charge in [0, 0.05) is 33.0 Å². The summed E-state index contributed by atoms with van der Waals surface area (Å²) in [6.07, 6.45) is 9.18. The van der Waals surface area contributed by atoms with E-state index in [1.807, 2.05) is 146 Å². The number of benzene rings is 6. The van der Waals surface area contributed by atoms with Crippen LogP contribution in [0.4, 0.5) is 0 Å². The van der Waals surface area contributed by atoms with E-state index >= 15 is 4.57 Å². The van der Waals surface area contributed by atoms with Gasteiger partial charge in [0.2, 0.25) is 0 Å². The highest BCUT2D eigenvalue weighted by atomic mass is 31.2. The van der Waals surface area contributed by atoms with Gasteiger partial charge in [-0.1, -0.05) is 146 Å². The molecule has 5 nitrogen and oxygen atoms in total. The van der Waals surface area contributed by atoms with Crippen molar-refractivity contribution in [3.05, 3.63) is 193 Å². The average molecular weight is 689 g/mol. The number of aromatic nitrogens is 3. The minimum absolute atomic E-state index is 0.0472. The first-order valence-electron chi connectivity index (χ1n) is 17.2. The van der Waals surface area contributed by atoms with E-state index in [0.29, 0.717) is 22.5 Å². The Balaban J connectivity index is 1.32. The number of hydrogen-bond acceptors (Lipinski definition) is 5. The van der Waals surface area contributed by atoms with E-state index in [4.69, 9.17) is 15.0 Å². The first kappa shape index (κ1) is 32.7. The summed E-state index contributed by atoms with van der Waals surface area (Å²) in [5.74, 6) is 1.99. The molecule has 0 radical (unpaired) electrons. The van der Waals surface area contributed by atoms with Gasteiger partial charge in [-0.25, -0.2) is 15.0 Å². The van der Waals surface area contributed by atoms with Crippen molar-refractivity contribution in [1.82, 2.24) is 15.0 Å². The Bertz CT molecular complexity index is 2500. The normalized spacial score (nSPS) is 13.8. The largest absolute Gasteiger partial charge is 0.309 e. The molecule has 248 valence electrons. The lowest BCUT2D eigenvalue weighted by molar-refractivity contribution is 0.592. The fourth-order valence-corrected chi connectivity index (χ4v) is 9.35. The van der Waals surface area contributed by atoms with Crippen molar-refractivity contribution >= 4 is 23.1 Å². The van der Waals surface area contributed by atoms with E-state index in [1.54, 1.807) is 6.07 Å².